The van der Waals surface area contributed by atoms with Gasteiger partial charge in [0.25, 0.3) is 11.8 Å². The van der Waals surface area contributed by atoms with Crippen molar-refractivity contribution in [3.8, 4) is 0 Å². The van der Waals surface area contributed by atoms with Gasteiger partial charge in [0.2, 0.25) is 0 Å². The van der Waals surface area contributed by atoms with Gasteiger partial charge in [0.1, 0.15) is 14.5 Å². The summed E-state index contributed by atoms with van der Waals surface area (Å²) in [5, 5.41) is 0.784. The van der Waals surface area contributed by atoms with E-state index in [1.54, 1.807) is 31.4 Å². The first kappa shape index (κ1) is 15.2. The van der Waals surface area contributed by atoms with Crippen LogP contribution in [0.4, 0.5) is 0 Å². The Hall–Kier alpha value is -1.70. The molecule has 1 unspecified atom stereocenters. The van der Waals surface area contributed by atoms with E-state index in [0.29, 0.717) is 11.1 Å². The van der Waals surface area contributed by atoms with Crippen molar-refractivity contribution < 1.29 is 23.9 Å². The van der Waals surface area contributed by atoms with Crippen LogP contribution in [-0.4, -0.2) is 56.7 Å². The first-order chi connectivity index (χ1) is 10.5. The number of amides is 2. The van der Waals surface area contributed by atoms with Gasteiger partial charge in [-0.3, -0.25) is 14.4 Å². The van der Waals surface area contributed by atoms with Gasteiger partial charge in [-0.05, 0) is 12.1 Å². The predicted molar refractivity (Wildman–Crippen MR) is 77.3 cm³/mol. The second-order valence-corrected chi connectivity index (χ2v) is 5.44. The lowest BCUT2D eigenvalue weighted by atomic mass is 9.89. The van der Waals surface area contributed by atoms with Crippen LogP contribution >= 0.6 is 0 Å². The Morgan fingerprint density at radius 3 is 2.32 bits per heavy atom. The fourth-order valence-electron chi connectivity index (χ4n) is 2.89. The molecule has 0 N–H and O–H groups in total. The van der Waals surface area contributed by atoms with Crippen LogP contribution in [-0.2, 0) is 14.3 Å². The number of hydroxylamine groups is 2. The third-order valence-electron chi connectivity index (χ3n) is 4.16. The monoisotopic (exact) mass is 301 g/mol. The summed E-state index contributed by atoms with van der Waals surface area (Å²) in [6, 6.07) is 6.07. The van der Waals surface area contributed by atoms with Crippen LogP contribution < -0.4 is 0 Å². The van der Waals surface area contributed by atoms with Crippen LogP contribution in [0.1, 0.15) is 27.6 Å². The van der Waals surface area contributed by atoms with Crippen LogP contribution in [0.3, 0.4) is 0 Å². The average Bonchev–Trinajstić information content (AvgIpc) is 2.93. The van der Waals surface area contributed by atoms with E-state index >= 15 is 0 Å². The number of benzene rings is 1. The molecular formula is C15H16BNO5. The Kier molecular flexibility index (Phi) is 4.03. The molecule has 7 heteroatoms. The second kappa shape index (κ2) is 5.83. The molecule has 2 aliphatic heterocycles. The summed E-state index contributed by atoms with van der Waals surface area (Å²) in [4.78, 5) is 29.7. The van der Waals surface area contributed by atoms with Crippen molar-refractivity contribution in [2.45, 2.75) is 25.1 Å². The Labute approximate surface area is 129 Å². The topological polar surface area (TPSA) is 65.1 Å². The number of methoxy groups -OCH3 is 1. The highest BCUT2D eigenvalue weighted by Crippen LogP contribution is 2.29. The minimum atomic E-state index is -0.546. The highest BCUT2D eigenvalue weighted by Gasteiger charge is 2.42. The third-order valence-corrected chi connectivity index (χ3v) is 4.16. The summed E-state index contributed by atoms with van der Waals surface area (Å²) >= 11 is 0. The van der Waals surface area contributed by atoms with Gasteiger partial charge in [0, 0.05) is 19.0 Å². The van der Waals surface area contributed by atoms with E-state index in [9.17, 15) is 9.59 Å². The van der Waals surface area contributed by atoms with Crippen molar-refractivity contribution in [1.29, 1.82) is 0 Å². The number of imide groups is 1. The molecule has 0 saturated carbocycles. The Morgan fingerprint density at radius 2 is 1.82 bits per heavy atom. The normalized spacial score (nSPS) is 30.9. The van der Waals surface area contributed by atoms with Gasteiger partial charge >= 0.3 is 0 Å². The molecule has 0 aliphatic carbocycles. The zero-order valence-electron chi connectivity index (χ0n) is 12.4. The van der Waals surface area contributed by atoms with Crippen molar-refractivity contribution in [3.63, 3.8) is 0 Å². The van der Waals surface area contributed by atoms with Crippen LogP contribution in [0.25, 0.3) is 0 Å². The van der Waals surface area contributed by atoms with E-state index in [4.69, 9.17) is 22.2 Å². The van der Waals surface area contributed by atoms with E-state index in [0.717, 1.165) is 5.06 Å². The summed E-state index contributed by atoms with van der Waals surface area (Å²) in [5.74, 6) is -0.923. The summed E-state index contributed by atoms with van der Waals surface area (Å²) in [6.07, 6.45) is -0.583. The minimum Gasteiger partial charge on any atom is -0.379 e. The Balaban J connectivity index is 1.66. The van der Waals surface area contributed by atoms with E-state index in [2.05, 4.69) is 0 Å². The lowest BCUT2D eigenvalue weighted by Crippen LogP contribution is -2.35. The van der Waals surface area contributed by atoms with Gasteiger partial charge < -0.3 is 9.47 Å². The molecule has 2 heterocycles. The number of rotatable bonds is 4. The van der Waals surface area contributed by atoms with Crippen molar-refractivity contribution in [2.24, 2.45) is 5.92 Å². The van der Waals surface area contributed by atoms with Crippen LogP contribution in [0.5, 0.6) is 0 Å². The summed E-state index contributed by atoms with van der Waals surface area (Å²) in [5.41, 5.74) is 0.693. The largest absolute Gasteiger partial charge is 0.379 e. The summed E-state index contributed by atoms with van der Waals surface area (Å²) in [6.45, 7) is 1.98. The lowest BCUT2D eigenvalue weighted by molar-refractivity contribution is -0.124. The maximum atomic E-state index is 12.2. The SMILES string of the molecule is [B][C@@H]1O[C@H](CON2C(=O)c3ccccc3C2=O)C(C)[C@@H]1OC. The van der Waals surface area contributed by atoms with Crippen LogP contribution in [0.15, 0.2) is 24.3 Å². The molecule has 3 rings (SSSR count). The van der Waals surface area contributed by atoms with Crippen molar-refractivity contribution in [3.05, 3.63) is 35.4 Å². The zero-order chi connectivity index (χ0) is 15.9. The van der Waals surface area contributed by atoms with Crippen LogP contribution in [0, 0.1) is 5.92 Å². The smallest absolute Gasteiger partial charge is 0.285 e. The molecule has 0 bridgehead atoms. The molecule has 4 atom stereocenters. The van der Waals surface area contributed by atoms with Crippen molar-refractivity contribution >= 4 is 19.7 Å². The number of hydrogen-bond donors (Lipinski definition) is 0. The molecule has 1 aromatic rings. The molecule has 1 aromatic carbocycles. The van der Waals surface area contributed by atoms with Crippen molar-refractivity contribution in [1.82, 2.24) is 5.06 Å². The van der Waals surface area contributed by atoms with E-state index in [1.807, 2.05) is 6.92 Å². The summed E-state index contributed by atoms with van der Waals surface area (Å²) < 4.78 is 10.8. The molecule has 114 valence electrons. The number of ether oxygens (including phenoxy) is 2. The van der Waals surface area contributed by atoms with Gasteiger partial charge in [-0.1, -0.05) is 19.1 Å². The van der Waals surface area contributed by atoms with E-state index in [-0.39, 0.29) is 24.7 Å². The van der Waals surface area contributed by atoms with Gasteiger partial charge in [0.15, 0.2) is 0 Å². The molecule has 0 spiro atoms. The average molecular weight is 301 g/mol. The Morgan fingerprint density at radius 1 is 1.23 bits per heavy atom. The predicted octanol–water partition coefficient (Wildman–Crippen LogP) is 0.759. The molecule has 2 amide bonds. The number of carbonyl (C=O) groups excluding carboxylic acids is 2. The highest BCUT2D eigenvalue weighted by molar-refractivity contribution is 6.20. The first-order valence-corrected chi connectivity index (χ1v) is 7.09. The van der Waals surface area contributed by atoms with Gasteiger partial charge in [-0.15, -0.1) is 5.06 Å². The third kappa shape index (κ3) is 2.35. The zero-order valence-corrected chi connectivity index (χ0v) is 12.4. The lowest BCUT2D eigenvalue weighted by Gasteiger charge is -2.20. The molecule has 2 radical (unpaired) electrons. The van der Waals surface area contributed by atoms with Gasteiger partial charge in [0.05, 0.1) is 23.3 Å². The molecular weight excluding hydrogens is 285 g/mol. The fourth-order valence-corrected chi connectivity index (χ4v) is 2.89. The minimum absolute atomic E-state index is 0.00446. The first-order valence-electron chi connectivity index (χ1n) is 7.09. The van der Waals surface area contributed by atoms with Gasteiger partial charge in [-0.25, -0.2) is 0 Å². The Bertz CT molecular complexity index is 572. The summed E-state index contributed by atoms with van der Waals surface area (Å²) in [7, 11) is 7.39. The fraction of sp³-hybridized carbons (Fsp3) is 0.467. The van der Waals surface area contributed by atoms with Gasteiger partial charge in [-0.2, -0.15) is 0 Å². The molecule has 0 aromatic heterocycles. The second-order valence-electron chi connectivity index (χ2n) is 5.44. The highest BCUT2D eigenvalue weighted by atomic mass is 16.7. The standard InChI is InChI=1S/C15H16BNO5/c1-8-11(22-13(16)12(8)20-2)7-21-17-14(18)9-5-3-4-6-10(9)15(17)19/h3-6,8,11-13H,7H2,1-2H3/t8?,11-,12+,13-/m1/s1. The molecule has 6 nitrogen and oxygen atoms in total. The number of carbonyl (C=O) groups is 2. The van der Waals surface area contributed by atoms with Crippen LogP contribution in [0.2, 0.25) is 0 Å². The van der Waals surface area contributed by atoms with E-state index < -0.39 is 17.8 Å². The number of nitrogens with zero attached hydrogens (tertiary/aromatic N) is 1. The molecule has 2 aliphatic rings. The quantitative estimate of drug-likeness (QED) is 0.607. The molecule has 1 saturated heterocycles. The molecule has 22 heavy (non-hydrogen) atoms. The number of fused-ring (bicyclic) bond motifs is 1. The molecule has 1 fully saturated rings. The maximum Gasteiger partial charge on any atom is 0.285 e. The van der Waals surface area contributed by atoms with Crippen molar-refractivity contribution in [2.75, 3.05) is 13.7 Å². The van der Waals surface area contributed by atoms with E-state index in [1.165, 1.54) is 0 Å². The number of hydrogen-bond acceptors (Lipinski definition) is 5. The maximum absolute atomic E-state index is 12.2.